The molecule has 9 heteroatoms. The number of nitrogens with one attached hydrogen (secondary N) is 2. The summed E-state index contributed by atoms with van der Waals surface area (Å²) in [6.07, 6.45) is 0. The molecule has 1 fully saturated rings. The molecule has 0 aliphatic carbocycles. The van der Waals surface area contributed by atoms with Crippen molar-refractivity contribution in [2.75, 3.05) is 42.9 Å². The SMILES string of the molecule is O=C(C[NH+]1CCN(c2ccc([N+](=O)[O-])cc2Cl)CC1)Nc1ccccc1Cl. The van der Waals surface area contributed by atoms with Crippen LogP contribution in [0, 0.1) is 10.1 Å². The lowest BCUT2D eigenvalue weighted by Crippen LogP contribution is -3.15. The molecule has 7 nitrogen and oxygen atoms in total. The van der Waals surface area contributed by atoms with Gasteiger partial charge in [-0.2, -0.15) is 0 Å². The van der Waals surface area contributed by atoms with Crippen molar-refractivity contribution in [3.63, 3.8) is 0 Å². The first-order chi connectivity index (χ1) is 12.9. The number of hydrogen-bond acceptors (Lipinski definition) is 4. The molecular formula is C18H19Cl2N4O3+. The molecule has 0 saturated carbocycles. The van der Waals surface area contributed by atoms with E-state index in [0.717, 1.165) is 23.7 Å². The molecule has 1 aliphatic heterocycles. The molecule has 142 valence electrons. The van der Waals surface area contributed by atoms with Gasteiger partial charge in [-0.1, -0.05) is 35.3 Å². The maximum atomic E-state index is 12.3. The van der Waals surface area contributed by atoms with Crippen LogP contribution >= 0.6 is 23.2 Å². The monoisotopic (exact) mass is 409 g/mol. The molecule has 3 rings (SSSR count). The number of benzene rings is 2. The Kier molecular flexibility index (Phi) is 6.15. The molecule has 0 aromatic heterocycles. The second-order valence-electron chi connectivity index (χ2n) is 6.33. The van der Waals surface area contributed by atoms with Gasteiger partial charge in [0.1, 0.15) is 0 Å². The minimum absolute atomic E-state index is 0.0238. The van der Waals surface area contributed by atoms with Crippen molar-refractivity contribution in [3.05, 3.63) is 62.6 Å². The smallest absolute Gasteiger partial charge is 0.279 e. The number of carbonyl (C=O) groups excluding carboxylic acids is 1. The Balaban J connectivity index is 1.54. The Bertz CT molecular complexity index is 854. The first-order valence-electron chi connectivity index (χ1n) is 8.51. The van der Waals surface area contributed by atoms with Gasteiger partial charge in [-0.25, -0.2) is 0 Å². The van der Waals surface area contributed by atoms with Crippen molar-refractivity contribution < 1.29 is 14.6 Å². The van der Waals surface area contributed by atoms with E-state index >= 15 is 0 Å². The summed E-state index contributed by atoms with van der Waals surface area (Å²) in [7, 11) is 0. The normalized spacial score (nSPS) is 14.8. The van der Waals surface area contributed by atoms with E-state index in [1.54, 1.807) is 18.2 Å². The van der Waals surface area contributed by atoms with Crippen molar-refractivity contribution in [1.82, 2.24) is 0 Å². The maximum absolute atomic E-state index is 12.3. The van der Waals surface area contributed by atoms with Crippen LogP contribution in [-0.2, 0) is 4.79 Å². The van der Waals surface area contributed by atoms with Gasteiger partial charge < -0.3 is 15.1 Å². The summed E-state index contributed by atoms with van der Waals surface area (Å²) in [5, 5.41) is 14.5. The highest BCUT2D eigenvalue weighted by Crippen LogP contribution is 2.29. The van der Waals surface area contributed by atoms with Crippen LogP contribution in [0.3, 0.4) is 0 Å². The third-order valence-corrected chi connectivity index (χ3v) is 5.14. The number of rotatable bonds is 5. The number of halogens is 2. The first-order valence-corrected chi connectivity index (χ1v) is 9.26. The molecule has 27 heavy (non-hydrogen) atoms. The highest BCUT2D eigenvalue weighted by molar-refractivity contribution is 6.34. The Hall–Kier alpha value is -2.35. The Morgan fingerprint density at radius 2 is 1.85 bits per heavy atom. The maximum Gasteiger partial charge on any atom is 0.279 e. The fraction of sp³-hybridized carbons (Fsp3) is 0.278. The number of non-ortho nitro benzene ring substituents is 1. The van der Waals surface area contributed by atoms with Crippen molar-refractivity contribution >= 4 is 46.2 Å². The second-order valence-corrected chi connectivity index (χ2v) is 7.15. The number of nitrogens with zero attached hydrogens (tertiary/aromatic N) is 2. The van der Waals surface area contributed by atoms with E-state index in [0.29, 0.717) is 35.4 Å². The predicted octanol–water partition coefficient (Wildman–Crippen LogP) is 2.25. The summed E-state index contributed by atoms with van der Waals surface area (Å²) in [5.74, 6) is -0.0834. The number of carbonyl (C=O) groups is 1. The molecule has 0 spiro atoms. The minimum Gasteiger partial charge on any atom is -0.359 e. The lowest BCUT2D eigenvalue weighted by Gasteiger charge is -2.33. The van der Waals surface area contributed by atoms with Crippen LogP contribution in [0.15, 0.2) is 42.5 Å². The largest absolute Gasteiger partial charge is 0.359 e. The van der Waals surface area contributed by atoms with Crippen LogP contribution in [0.2, 0.25) is 10.0 Å². The van der Waals surface area contributed by atoms with Crippen LogP contribution in [0.1, 0.15) is 0 Å². The van der Waals surface area contributed by atoms with E-state index in [4.69, 9.17) is 23.2 Å². The minimum atomic E-state index is -0.463. The number of nitro benzene ring substituents is 1. The zero-order chi connectivity index (χ0) is 19.4. The average Bonchev–Trinajstić information content (AvgIpc) is 2.64. The third kappa shape index (κ3) is 4.88. The molecule has 1 aliphatic rings. The van der Waals surface area contributed by atoms with Crippen LogP contribution in [0.25, 0.3) is 0 Å². The summed E-state index contributed by atoms with van der Waals surface area (Å²) in [4.78, 5) is 25.9. The molecule has 0 unspecified atom stereocenters. The molecule has 0 radical (unpaired) electrons. The van der Waals surface area contributed by atoms with Gasteiger partial charge in [-0.05, 0) is 18.2 Å². The summed E-state index contributed by atoms with van der Waals surface area (Å²) in [6, 6.07) is 11.6. The van der Waals surface area contributed by atoms with Gasteiger partial charge in [0.2, 0.25) is 0 Å². The van der Waals surface area contributed by atoms with E-state index < -0.39 is 4.92 Å². The Labute approximate surface area is 166 Å². The number of amides is 1. The number of hydrogen-bond donors (Lipinski definition) is 2. The molecule has 2 N–H and O–H groups in total. The highest BCUT2D eigenvalue weighted by atomic mass is 35.5. The molecule has 1 heterocycles. The predicted molar refractivity (Wildman–Crippen MR) is 106 cm³/mol. The van der Waals surface area contributed by atoms with Gasteiger partial charge in [0.25, 0.3) is 11.6 Å². The highest BCUT2D eigenvalue weighted by Gasteiger charge is 2.24. The van der Waals surface area contributed by atoms with Crippen molar-refractivity contribution in [2.24, 2.45) is 0 Å². The number of piperazine rings is 1. The van der Waals surface area contributed by atoms with E-state index in [1.165, 1.54) is 12.1 Å². The average molecular weight is 410 g/mol. The van der Waals surface area contributed by atoms with Gasteiger partial charge in [0.05, 0.1) is 52.5 Å². The quantitative estimate of drug-likeness (QED) is 0.586. The second kappa shape index (κ2) is 8.56. The van der Waals surface area contributed by atoms with E-state index in [2.05, 4.69) is 10.2 Å². The Morgan fingerprint density at radius 1 is 1.15 bits per heavy atom. The molecule has 2 aromatic rings. The zero-order valence-electron chi connectivity index (χ0n) is 14.5. The number of anilines is 2. The van der Waals surface area contributed by atoms with Crippen LogP contribution in [0.5, 0.6) is 0 Å². The summed E-state index contributed by atoms with van der Waals surface area (Å²) in [6.45, 7) is 3.32. The molecule has 1 saturated heterocycles. The van der Waals surface area contributed by atoms with Crippen molar-refractivity contribution in [2.45, 2.75) is 0 Å². The summed E-state index contributed by atoms with van der Waals surface area (Å²) >= 11 is 12.3. The molecule has 1 amide bonds. The summed E-state index contributed by atoms with van der Waals surface area (Å²) in [5.41, 5.74) is 1.37. The topological polar surface area (TPSA) is 79.9 Å². The molecule has 0 atom stereocenters. The van der Waals surface area contributed by atoms with Crippen LogP contribution < -0.4 is 15.1 Å². The standard InChI is InChI=1S/C18H18Cl2N4O3/c19-14-3-1-2-4-16(14)21-18(25)12-22-7-9-23(10-8-22)17-6-5-13(24(26)27)11-15(17)20/h1-6,11H,7-10,12H2,(H,21,25)/p+1. The van der Waals surface area contributed by atoms with E-state index in [-0.39, 0.29) is 11.6 Å². The van der Waals surface area contributed by atoms with E-state index in [1.807, 2.05) is 12.1 Å². The molecule has 0 bridgehead atoms. The number of para-hydroxylation sites is 1. The van der Waals surface area contributed by atoms with Gasteiger partial charge in [0, 0.05) is 12.1 Å². The van der Waals surface area contributed by atoms with Crippen molar-refractivity contribution in [1.29, 1.82) is 0 Å². The van der Waals surface area contributed by atoms with E-state index in [9.17, 15) is 14.9 Å². The fourth-order valence-electron chi connectivity index (χ4n) is 3.09. The molecule has 2 aromatic carbocycles. The van der Waals surface area contributed by atoms with Gasteiger partial charge in [-0.15, -0.1) is 0 Å². The first kappa shape index (κ1) is 19.4. The molecular weight excluding hydrogens is 391 g/mol. The van der Waals surface area contributed by atoms with Gasteiger partial charge in [0.15, 0.2) is 6.54 Å². The van der Waals surface area contributed by atoms with Crippen LogP contribution in [-0.4, -0.2) is 43.6 Å². The van der Waals surface area contributed by atoms with Crippen molar-refractivity contribution in [3.8, 4) is 0 Å². The third-order valence-electron chi connectivity index (χ3n) is 4.51. The lowest BCUT2D eigenvalue weighted by molar-refractivity contribution is -0.892. The lowest BCUT2D eigenvalue weighted by atomic mass is 10.2. The van der Waals surface area contributed by atoms with Gasteiger partial charge >= 0.3 is 0 Å². The zero-order valence-corrected chi connectivity index (χ0v) is 16.0. The number of nitro groups is 1. The number of quaternary nitrogens is 1. The summed E-state index contributed by atoms with van der Waals surface area (Å²) < 4.78 is 0. The van der Waals surface area contributed by atoms with Gasteiger partial charge in [-0.3, -0.25) is 14.9 Å². The fourth-order valence-corrected chi connectivity index (χ4v) is 3.57. The Morgan fingerprint density at radius 3 is 2.48 bits per heavy atom. The van der Waals surface area contributed by atoms with Crippen LogP contribution in [0.4, 0.5) is 17.1 Å².